The van der Waals surface area contributed by atoms with Crippen molar-refractivity contribution in [1.29, 1.82) is 0 Å². The molecule has 1 saturated heterocycles. The first-order valence-corrected chi connectivity index (χ1v) is 10.7. The van der Waals surface area contributed by atoms with Crippen molar-refractivity contribution in [2.75, 3.05) is 6.54 Å². The molecule has 4 heterocycles. The fourth-order valence-electron chi connectivity index (χ4n) is 3.93. The molecule has 1 fully saturated rings. The molecule has 0 aliphatic carbocycles. The van der Waals surface area contributed by atoms with E-state index in [0.29, 0.717) is 16.4 Å². The Bertz CT molecular complexity index is 1220. The maximum Gasteiger partial charge on any atom is 0.264 e. The minimum Gasteiger partial charge on any atom is -0.359 e. The minimum atomic E-state index is -0.0601. The van der Waals surface area contributed by atoms with Crippen molar-refractivity contribution >= 4 is 39.1 Å². The Morgan fingerprint density at radius 2 is 2.10 bits per heavy atom. The summed E-state index contributed by atoms with van der Waals surface area (Å²) in [5, 5.41) is 10.2. The number of para-hydroxylation sites is 1. The highest BCUT2D eigenvalue weighted by molar-refractivity contribution is 7.20. The Kier molecular flexibility index (Phi) is 4.44. The number of amides is 1. The Morgan fingerprint density at radius 1 is 1.28 bits per heavy atom. The summed E-state index contributed by atoms with van der Waals surface area (Å²) in [4.78, 5) is 16.9. The molecule has 1 aromatic carbocycles. The summed E-state index contributed by atoms with van der Waals surface area (Å²) >= 11 is 7.83. The molecule has 3 aromatic heterocycles. The molecular formula is C21H19ClN4O2S. The molecule has 0 spiro atoms. The van der Waals surface area contributed by atoms with Crippen LogP contribution in [0.15, 0.2) is 40.9 Å². The summed E-state index contributed by atoms with van der Waals surface area (Å²) in [5.74, 6) is 0.778. The SMILES string of the molecule is Cc1cc([C@H]2CCCN2C(=O)c2cc3c(C)nn(-c4ccccc4Cl)c3s2)on1. The Labute approximate surface area is 176 Å². The first kappa shape index (κ1) is 18.4. The van der Waals surface area contributed by atoms with Gasteiger partial charge < -0.3 is 9.42 Å². The van der Waals surface area contributed by atoms with Gasteiger partial charge in [-0.15, -0.1) is 11.3 Å². The summed E-state index contributed by atoms with van der Waals surface area (Å²) in [7, 11) is 0. The summed E-state index contributed by atoms with van der Waals surface area (Å²) in [5.41, 5.74) is 2.51. The molecule has 1 atom stereocenters. The number of nitrogens with zero attached hydrogens (tertiary/aromatic N) is 4. The zero-order chi connectivity index (χ0) is 20.1. The lowest BCUT2D eigenvalue weighted by Crippen LogP contribution is -2.29. The van der Waals surface area contributed by atoms with Gasteiger partial charge in [-0.2, -0.15) is 5.10 Å². The van der Waals surface area contributed by atoms with Crippen LogP contribution in [0.4, 0.5) is 0 Å². The lowest BCUT2D eigenvalue weighted by molar-refractivity contribution is 0.0719. The average Bonchev–Trinajstić information content (AvgIpc) is 3.47. The van der Waals surface area contributed by atoms with Crippen LogP contribution in [0.3, 0.4) is 0 Å². The van der Waals surface area contributed by atoms with Crippen LogP contribution in [-0.2, 0) is 0 Å². The van der Waals surface area contributed by atoms with Gasteiger partial charge in [0.05, 0.1) is 33.0 Å². The maximum atomic E-state index is 13.3. The van der Waals surface area contributed by atoms with E-state index in [1.54, 1.807) is 0 Å². The van der Waals surface area contributed by atoms with Gasteiger partial charge in [0.15, 0.2) is 5.76 Å². The third-order valence-electron chi connectivity index (χ3n) is 5.32. The highest BCUT2D eigenvalue weighted by Crippen LogP contribution is 2.37. The molecule has 1 aliphatic rings. The summed E-state index contributed by atoms with van der Waals surface area (Å²) in [6.45, 7) is 4.56. The van der Waals surface area contributed by atoms with Gasteiger partial charge in [0, 0.05) is 18.0 Å². The number of hydrogen-bond donors (Lipinski definition) is 0. The first-order valence-electron chi connectivity index (χ1n) is 9.51. The molecule has 0 saturated carbocycles. The normalized spacial score (nSPS) is 16.8. The van der Waals surface area contributed by atoms with E-state index >= 15 is 0 Å². The first-order chi connectivity index (χ1) is 14.0. The second kappa shape index (κ2) is 7.00. The van der Waals surface area contributed by atoms with Crippen LogP contribution in [0, 0.1) is 13.8 Å². The van der Waals surface area contributed by atoms with Crippen LogP contribution in [0.25, 0.3) is 15.9 Å². The molecule has 6 nitrogen and oxygen atoms in total. The molecule has 0 bridgehead atoms. The van der Waals surface area contributed by atoms with E-state index in [4.69, 9.17) is 16.1 Å². The number of benzene rings is 1. The van der Waals surface area contributed by atoms with Crippen LogP contribution in [0.1, 0.15) is 45.7 Å². The van der Waals surface area contributed by atoms with Crippen molar-refractivity contribution in [3.8, 4) is 5.69 Å². The number of likely N-dealkylation sites (tertiary alicyclic amines) is 1. The van der Waals surface area contributed by atoms with Crippen molar-refractivity contribution in [2.45, 2.75) is 32.7 Å². The third kappa shape index (κ3) is 3.05. The smallest absolute Gasteiger partial charge is 0.264 e. The molecule has 1 aliphatic heterocycles. The van der Waals surface area contributed by atoms with Crippen molar-refractivity contribution in [3.63, 3.8) is 0 Å². The number of carbonyl (C=O) groups excluding carboxylic acids is 1. The number of halogens is 1. The number of aromatic nitrogens is 3. The predicted octanol–water partition coefficient (Wildman–Crippen LogP) is 5.32. The molecule has 0 unspecified atom stereocenters. The Hall–Kier alpha value is -2.64. The highest BCUT2D eigenvalue weighted by atomic mass is 35.5. The van der Waals surface area contributed by atoms with Gasteiger partial charge in [0.25, 0.3) is 5.91 Å². The number of carbonyl (C=O) groups is 1. The zero-order valence-corrected chi connectivity index (χ0v) is 17.6. The van der Waals surface area contributed by atoms with E-state index in [0.717, 1.165) is 45.9 Å². The van der Waals surface area contributed by atoms with Crippen molar-refractivity contribution in [1.82, 2.24) is 19.8 Å². The van der Waals surface area contributed by atoms with Crippen LogP contribution in [0.2, 0.25) is 5.02 Å². The molecule has 4 aromatic rings. The lowest BCUT2D eigenvalue weighted by Gasteiger charge is -2.21. The Morgan fingerprint density at radius 3 is 2.86 bits per heavy atom. The minimum absolute atomic E-state index is 0.0212. The molecule has 0 N–H and O–H groups in total. The van der Waals surface area contributed by atoms with E-state index in [-0.39, 0.29) is 11.9 Å². The average molecular weight is 427 g/mol. The van der Waals surface area contributed by atoms with Crippen molar-refractivity contribution in [3.05, 3.63) is 63.4 Å². The van der Waals surface area contributed by atoms with E-state index in [1.165, 1.54) is 11.3 Å². The zero-order valence-electron chi connectivity index (χ0n) is 16.1. The van der Waals surface area contributed by atoms with Crippen LogP contribution >= 0.6 is 22.9 Å². The highest BCUT2D eigenvalue weighted by Gasteiger charge is 2.34. The number of fused-ring (bicyclic) bond motifs is 1. The molecular weight excluding hydrogens is 408 g/mol. The van der Waals surface area contributed by atoms with Gasteiger partial charge in [0.1, 0.15) is 4.83 Å². The Balaban J connectivity index is 1.53. The third-order valence-corrected chi connectivity index (χ3v) is 6.74. The van der Waals surface area contributed by atoms with Gasteiger partial charge >= 0.3 is 0 Å². The molecule has 0 radical (unpaired) electrons. The maximum absolute atomic E-state index is 13.3. The molecule has 5 rings (SSSR count). The molecule has 1 amide bonds. The lowest BCUT2D eigenvalue weighted by atomic mass is 10.1. The van der Waals surface area contributed by atoms with E-state index in [9.17, 15) is 4.79 Å². The van der Waals surface area contributed by atoms with Gasteiger partial charge in [-0.3, -0.25) is 4.79 Å². The summed E-state index contributed by atoms with van der Waals surface area (Å²) < 4.78 is 7.28. The van der Waals surface area contributed by atoms with Crippen molar-refractivity contribution < 1.29 is 9.32 Å². The van der Waals surface area contributed by atoms with Crippen LogP contribution in [0.5, 0.6) is 0 Å². The van der Waals surface area contributed by atoms with E-state index in [2.05, 4.69) is 10.3 Å². The van der Waals surface area contributed by atoms with Crippen molar-refractivity contribution in [2.24, 2.45) is 0 Å². The molecule has 148 valence electrons. The van der Waals surface area contributed by atoms with Crippen LogP contribution < -0.4 is 0 Å². The fraction of sp³-hybridized carbons (Fsp3) is 0.286. The quantitative estimate of drug-likeness (QED) is 0.444. The van der Waals surface area contributed by atoms with Gasteiger partial charge in [-0.05, 0) is 44.9 Å². The standard InChI is InChI=1S/C21H19ClN4O2S/c1-12-10-18(28-24-12)17-8-5-9-25(17)20(27)19-11-14-13(2)23-26(21(14)29-19)16-7-4-3-6-15(16)22/h3-4,6-7,10-11,17H,5,8-9H2,1-2H3/t17-/m1/s1. The number of rotatable bonds is 3. The largest absolute Gasteiger partial charge is 0.359 e. The van der Waals surface area contributed by atoms with E-state index < -0.39 is 0 Å². The number of hydrogen-bond acceptors (Lipinski definition) is 5. The predicted molar refractivity (Wildman–Crippen MR) is 113 cm³/mol. The number of thiophene rings is 1. The van der Waals surface area contributed by atoms with Gasteiger partial charge in [-0.1, -0.05) is 28.9 Å². The van der Waals surface area contributed by atoms with Gasteiger partial charge in [-0.25, -0.2) is 4.68 Å². The monoisotopic (exact) mass is 426 g/mol. The summed E-state index contributed by atoms with van der Waals surface area (Å²) in [6.07, 6.45) is 1.84. The fourth-order valence-corrected chi connectivity index (χ4v) is 5.27. The number of aryl methyl sites for hydroxylation is 2. The molecule has 29 heavy (non-hydrogen) atoms. The topological polar surface area (TPSA) is 64.2 Å². The molecule has 8 heteroatoms. The second-order valence-electron chi connectivity index (χ2n) is 7.31. The van der Waals surface area contributed by atoms with E-state index in [1.807, 2.05) is 59.8 Å². The van der Waals surface area contributed by atoms with Gasteiger partial charge in [0.2, 0.25) is 0 Å². The summed E-state index contributed by atoms with van der Waals surface area (Å²) in [6, 6.07) is 11.4. The van der Waals surface area contributed by atoms with Crippen LogP contribution in [-0.4, -0.2) is 32.3 Å². The second-order valence-corrected chi connectivity index (χ2v) is 8.74.